The standard InChI is InChI=1S/C21H21N5O3/c22-19(27)16-13-24-21(26-20(16)23-12-14-5-2-1-3-6-14)25-15-7-8-17-18(11-15)29-10-4-9-28-17/h1-3,5-8,11,13H,4,9-10,12H2,(H2,22,27)(H2,23,24,25,26). The Morgan fingerprint density at radius 1 is 1.07 bits per heavy atom. The lowest BCUT2D eigenvalue weighted by atomic mass is 10.2. The van der Waals surface area contributed by atoms with E-state index in [4.69, 9.17) is 15.2 Å². The molecule has 2 heterocycles. The molecule has 0 atom stereocenters. The molecular formula is C21H21N5O3. The number of nitrogens with two attached hydrogens (primary N) is 1. The highest BCUT2D eigenvalue weighted by molar-refractivity contribution is 5.97. The first kappa shape index (κ1) is 18.5. The van der Waals surface area contributed by atoms with Crippen LogP contribution in [0.25, 0.3) is 0 Å². The van der Waals surface area contributed by atoms with Crippen LogP contribution in [0.15, 0.2) is 54.7 Å². The molecule has 0 bridgehead atoms. The maximum Gasteiger partial charge on any atom is 0.254 e. The van der Waals surface area contributed by atoms with E-state index in [9.17, 15) is 4.79 Å². The zero-order chi connectivity index (χ0) is 20.1. The summed E-state index contributed by atoms with van der Waals surface area (Å²) in [7, 11) is 0. The van der Waals surface area contributed by atoms with E-state index in [1.165, 1.54) is 6.20 Å². The van der Waals surface area contributed by atoms with Crippen molar-refractivity contribution >= 4 is 23.4 Å². The van der Waals surface area contributed by atoms with E-state index in [0.717, 1.165) is 17.7 Å². The Kier molecular flexibility index (Phi) is 5.42. The van der Waals surface area contributed by atoms with Crippen molar-refractivity contribution in [1.29, 1.82) is 0 Å². The lowest BCUT2D eigenvalue weighted by Gasteiger charge is -2.13. The van der Waals surface area contributed by atoms with E-state index >= 15 is 0 Å². The number of hydrogen-bond acceptors (Lipinski definition) is 7. The van der Waals surface area contributed by atoms with Crippen molar-refractivity contribution in [3.05, 3.63) is 65.9 Å². The van der Waals surface area contributed by atoms with Gasteiger partial charge in [-0.2, -0.15) is 4.98 Å². The minimum absolute atomic E-state index is 0.227. The zero-order valence-corrected chi connectivity index (χ0v) is 15.7. The van der Waals surface area contributed by atoms with Gasteiger partial charge in [-0.15, -0.1) is 0 Å². The number of nitrogens with zero attached hydrogens (tertiary/aromatic N) is 2. The highest BCUT2D eigenvalue weighted by Crippen LogP contribution is 2.33. The van der Waals surface area contributed by atoms with Gasteiger partial charge in [-0.3, -0.25) is 4.79 Å². The van der Waals surface area contributed by atoms with Crippen LogP contribution in [0, 0.1) is 0 Å². The fourth-order valence-corrected chi connectivity index (χ4v) is 2.91. The van der Waals surface area contributed by atoms with Gasteiger partial charge in [0, 0.05) is 30.9 Å². The monoisotopic (exact) mass is 391 g/mol. The molecule has 0 spiro atoms. The number of amides is 1. The number of ether oxygens (including phenoxy) is 2. The van der Waals surface area contributed by atoms with Crippen LogP contribution in [0.2, 0.25) is 0 Å². The zero-order valence-electron chi connectivity index (χ0n) is 15.7. The van der Waals surface area contributed by atoms with Gasteiger partial charge in [0.2, 0.25) is 5.95 Å². The smallest absolute Gasteiger partial charge is 0.254 e. The van der Waals surface area contributed by atoms with Gasteiger partial charge >= 0.3 is 0 Å². The average molecular weight is 391 g/mol. The summed E-state index contributed by atoms with van der Waals surface area (Å²) in [6.45, 7) is 1.74. The van der Waals surface area contributed by atoms with Gasteiger partial charge in [0.25, 0.3) is 5.91 Å². The Labute approximate surface area is 168 Å². The first-order valence-electron chi connectivity index (χ1n) is 9.30. The molecule has 4 rings (SSSR count). The largest absolute Gasteiger partial charge is 0.490 e. The fourth-order valence-electron chi connectivity index (χ4n) is 2.91. The molecule has 8 nitrogen and oxygen atoms in total. The third kappa shape index (κ3) is 4.55. The van der Waals surface area contributed by atoms with Crippen LogP contribution in [-0.4, -0.2) is 29.1 Å². The third-order valence-electron chi connectivity index (χ3n) is 4.36. The second kappa shape index (κ2) is 8.47. The number of primary amides is 1. The van der Waals surface area contributed by atoms with Crippen molar-refractivity contribution in [2.75, 3.05) is 23.8 Å². The highest BCUT2D eigenvalue weighted by Gasteiger charge is 2.14. The van der Waals surface area contributed by atoms with Crippen LogP contribution in [-0.2, 0) is 6.54 Å². The minimum Gasteiger partial charge on any atom is -0.490 e. The van der Waals surface area contributed by atoms with Gasteiger partial charge in [-0.1, -0.05) is 30.3 Å². The van der Waals surface area contributed by atoms with Crippen LogP contribution in [0.4, 0.5) is 17.5 Å². The molecule has 0 saturated heterocycles. The van der Waals surface area contributed by atoms with Crippen molar-refractivity contribution < 1.29 is 14.3 Å². The average Bonchev–Trinajstić information content (AvgIpc) is 2.98. The second-order valence-electron chi connectivity index (χ2n) is 6.50. The predicted molar refractivity (Wildman–Crippen MR) is 110 cm³/mol. The molecule has 0 aliphatic carbocycles. The maximum absolute atomic E-state index is 11.7. The van der Waals surface area contributed by atoms with Crippen LogP contribution in [0.5, 0.6) is 11.5 Å². The number of carbonyl (C=O) groups is 1. The van der Waals surface area contributed by atoms with E-state index in [2.05, 4.69) is 20.6 Å². The lowest BCUT2D eigenvalue weighted by molar-refractivity contribution is 0.100. The van der Waals surface area contributed by atoms with E-state index in [-0.39, 0.29) is 5.56 Å². The molecule has 1 aliphatic heterocycles. The summed E-state index contributed by atoms with van der Waals surface area (Å²) in [5, 5.41) is 6.29. The molecule has 8 heteroatoms. The van der Waals surface area contributed by atoms with E-state index < -0.39 is 5.91 Å². The number of rotatable bonds is 6. The molecule has 0 saturated carbocycles. The first-order chi connectivity index (χ1) is 14.2. The highest BCUT2D eigenvalue weighted by atomic mass is 16.5. The number of nitrogens with one attached hydrogen (secondary N) is 2. The molecule has 0 unspecified atom stereocenters. The van der Waals surface area contributed by atoms with Gasteiger partial charge in [-0.25, -0.2) is 4.98 Å². The van der Waals surface area contributed by atoms with Crippen molar-refractivity contribution in [1.82, 2.24) is 9.97 Å². The molecule has 1 aromatic heterocycles. The Balaban J connectivity index is 1.54. The number of aromatic nitrogens is 2. The van der Waals surface area contributed by atoms with Gasteiger partial charge in [0.05, 0.1) is 18.8 Å². The molecule has 1 amide bonds. The molecule has 148 valence electrons. The van der Waals surface area contributed by atoms with Crippen molar-refractivity contribution in [2.45, 2.75) is 13.0 Å². The van der Waals surface area contributed by atoms with Crippen molar-refractivity contribution in [3.8, 4) is 11.5 Å². The molecule has 0 radical (unpaired) electrons. The van der Waals surface area contributed by atoms with Crippen molar-refractivity contribution in [2.24, 2.45) is 5.73 Å². The molecule has 0 fully saturated rings. The molecule has 29 heavy (non-hydrogen) atoms. The summed E-state index contributed by atoms with van der Waals surface area (Å²) in [4.78, 5) is 20.4. The number of carbonyl (C=O) groups excluding carboxylic acids is 1. The quantitative estimate of drug-likeness (QED) is 0.592. The third-order valence-corrected chi connectivity index (χ3v) is 4.36. The number of anilines is 3. The molecule has 4 N–H and O–H groups in total. The van der Waals surface area contributed by atoms with Gasteiger partial charge in [-0.05, 0) is 17.7 Å². The van der Waals surface area contributed by atoms with Gasteiger partial charge in [0.1, 0.15) is 5.82 Å². The molecular weight excluding hydrogens is 370 g/mol. The van der Waals surface area contributed by atoms with Crippen molar-refractivity contribution in [3.63, 3.8) is 0 Å². The Morgan fingerprint density at radius 2 is 1.86 bits per heavy atom. The summed E-state index contributed by atoms with van der Waals surface area (Å²) in [5.74, 6) is 1.49. The molecule has 3 aromatic rings. The van der Waals surface area contributed by atoms with E-state index in [1.54, 1.807) is 0 Å². The van der Waals surface area contributed by atoms with Gasteiger partial charge < -0.3 is 25.8 Å². The Morgan fingerprint density at radius 3 is 2.66 bits per heavy atom. The maximum atomic E-state index is 11.7. The summed E-state index contributed by atoms with van der Waals surface area (Å²) in [5.41, 5.74) is 7.49. The topological polar surface area (TPSA) is 111 Å². The molecule has 2 aromatic carbocycles. The number of fused-ring (bicyclic) bond motifs is 1. The van der Waals surface area contributed by atoms with Gasteiger partial charge in [0.15, 0.2) is 11.5 Å². The number of benzene rings is 2. The van der Waals surface area contributed by atoms with E-state index in [0.29, 0.717) is 43.0 Å². The number of hydrogen-bond donors (Lipinski definition) is 3. The first-order valence-corrected chi connectivity index (χ1v) is 9.30. The van der Waals surface area contributed by atoms with Crippen LogP contribution < -0.4 is 25.8 Å². The van der Waals surface area contributed by atoms with E-state index in [1.807, 2.05) is 48.5 Å². The van der Waals surface area contributed by atoms with Crippen LogP contribution in [0.1, 0.15) is 22.3 Å². The van der Waals surface area contributed by atoms with Crippen LogP contribution in [0.3, 0.4) is 0 Å². The summed E-state index contributed by atoms with van der Waals surface area (Å²) < 4.78 is 11.4. The van der Waals surface area contributed by atoms with Crippen LogP contribution >= 0.6 is 0 Å². The summed E-state index contributed by atoms with van der Waals surface area (Å²) in [6, 6.07) is 15.3. The summed E-state index contributed by atoms with van der Waals surface area (Å²) in [6.07, 6.45) is 2.25. The second-order valence-corrected chi connectivity index (χ2v) is 6.50. The SMILES string of the molecule is NC(=O)c1cnc(Nc2ccc3c(c2)OCCCO3)nc1NCc1ccccc1. The predicted octanol–water partition coefficient (Wildman–Crippen LogP) is 3.09. The lowest BCUT2D eigenvalue weighted by Crippen LogP contribution is -2.17. The summed E-state index contributed by atoms with van der Waals surface area (Å²) >= 11 is 0. The molecule has 1 aliphatic rings. The Bertz CT molecular complexity index is 1010. The normalized spacial score (nSPS) is 12.7. The minimum atomic E-state index is -0.595. The fraction of sp³-hybridized carbons (Fsp3) is 0.190. The Hall–Kier alpha value is -3.81.